The van der Waals surface area contributed by atoms with Crippen LogP contribution in [0.1, 0.15) is 26.2 Å². The van der Waals surface area contributed by atoms with E-state index in [1.807, 2.05) is 31.2 Å². The van der Waals surface area contributed by atoms with Crippen LogP contribution in [0.3, 0.4) is 0 Å². The Morgan fingerprint density at radius 2 is 2.18 bits per heavy atom. The van der Waals surface area contributed by atoms with E-state index in [1.54, 1.807) is 0 Å². The first-order valence-electron chi connectivity index (χ1n) is 3.87. The van der Waals surface area contributed by atoms with Crippen LogP contribution in [0.5, 0.6) is 0 Å². The van der Waals surface area contributed by atoms with Crippen molar-refractivity contribution in [3.8, 4) is 0 Å². The first-order chi connectivity index (χ1) is 5.41. The van der Waals surface area contributed by atoms with Gasteiger partial charge in [0.15, 0.2) is 0 Å². The Hall–Kier alpha value is -1.07. The van der Waals surface area contributed by atoms with Crippen molar-refractivity contribution in [2.45, 2.75) is 26.2 Å². The maximum atomic E-state index is 9.89. The Labute approximate surface area is 68.1 Å². The summed E-state index contributed by atoms with van der Waals surface area (Å²) in [5.41, 5.74) is 2.99. The first-order valence-corrected chi connectivity index (χ1v) is 3.87. The Balaban J connectivity index is 3.35. The van der Waals surface area contributed by atoms with E-state index < -0.39 is 0 Å². The molecule has 0 rings (SSSR count). The number of carbonyl (C=O) groups excluding carboxylic acids is 1. The second-order valence-electron chi connectivity index (χ2n) is 2.16. The minimum absolute atomic E-state index is 0.655. The summed E-state index contributed by atoms with van der Waals surface area (Å²) >= 11 is 0. The van der Waals surface area contributed by atoms with Crippen molar-refractivity contribution in [1.82, 2.24) is 0 Å². The molecule has 0 atom stereocenters. The summed E-state index contributed by atoms with van der Waals surface area (Å²) in [6.07, 6.45) is 11.2. The summed E-state index contributed by atoms with van der Waals surface area (Å²) in [4.78, 5) is 9.89. The third-order valence-electron chi connectivity index (χ3n) is 1.17. The van der Waals surface area contributed by atoms with Crippen molar-refractivity contribution in [3.63, 3.8) is 0 Å². The molecule has 1 heteroatoms. The number of rotatable bonds is 5. The average molecular weight is 150 g/mol. The van der Waals surface area contributed by atoms with Crippen LogP contribution in [-0.4, -0.2) is 6.29 Å². The molecular weight excluding hydrogens is 136 g/mol. The van der Waals surface area contributed by atoms with Gasteiger partial charge in [-0.15, -0.1) is 5.73 Å². The van der Waals surface area contributed by atoms with E-state index in [-0.39, 0.29) is 0 Å². The summed E-state index contributed by atoms with van der Waals surface area (Å²) in [6.45, 7) is 1.96. The maximum Gasteiger partial charge on any atom is 0.120 e. The minimum atomic E-state index is 0.655. The van der Waals surface area contributed by atoms with Crippen LogP contribution in [0.15, 0.2) is 30.0 Å². The normalized spacial score (nSPS) is 9.18. The van der Waals surface area contributed by atoms with Crippen LogP contribution in [0, 0.1) is 0 Å². The summed E-state index contributed by atoms with van der Waals surface area (Å²) in [7, 11) is 0. The molecule has 11 heavy (non-hydrogen) atoms. The molecule has 0 aromatic rings. The van der Waals surface area contributed by atoms with Crippen LogP contribution < -0.4 is 0 Å². The monoisotopic (exact) mass is 150 g/mol. The Morgan fingerprint density at radius 1 is 1.36 bits per heavy atom. The standard InChI is InChI=1S/C10H14O/c1-2-3-4-5-6-7-8-9-10-11/h2-4,6,10H,7-9H2,1H3/b3-2+. The summed E-state index contributed by atoms with van der Waals surface area (Å²) in [5.74, 6) is 0. The van der Waals surface area contributed by atoms with Gasteiger partial charge >= 0.3 is 0 Å². The SMILES string of the molecule is C/C=C/C=C=CCCCC=O. The van der Waals surface area contributed by atoms with E-state index in [9.17, 15) is 4.79 Å². The van der Waals surface area contributed by atoms with Gasteiger partial charge in [-0.3, -0.25) is 0 Å². The number of hydrogen-bond donors (Lipinski definition) is 0. The molecule has 0 spiro atoms. The van der Waals surface area contributed by atoms with Crippen LogP contribution in [-0.2, 0) is 4.79 Å². The molecule has 0 heterocycles. The van der Waals surface area contributed by atoms with Gasteiger partial charge in [-0.1, -0.05) is 12.2 Å². The van der Waals surface area contributed by atoms with E-state index in [2.05, 4.69) is 5.73 Å². The van der Waals surface area contributed by atoms with E-state index in [1.165, 1.54) is 0 Å². The van der Waals surface area contributed by atoms with Gasteiger partial charge in [-0.2, -0.15) is 0 Å². The zero-order chi connectivity index (χ0) is 8.36. The van der Waals surface area contributed by atoms with Gasteiger partial charge in [0, 0.05) is 6.42 Å². The molecule has 0 N–H and O–H groups in total. The zero-order valence-electron chi connectivity index (χ0n) is 6.92. The number of allylic oxidation sites excluding steroid dienone is 3. The highest BCUT2D eigenvalue weighted by atomic mass is 16.1. The van der Waals surface area contributed by atoms with Crippen molar-refractivity contribution in [2.75, 3.05) is 0 Å². The Bertz CT molecular complexity index is 171. The summed E-state index contributed by atoms with van der Waals surface area (Å²) in [6, 6.07) is 0. The smallest absolute Gasteiger partial charge is 0.120 e. The van der Waals surface area contributed by atoms with E-state index >= 15 is 0 Å². The molecule has 0 unspecified atom stereocenters. The predicted molar refractivity (Wildman–Crippen MR) is 47.4 cm³/mol. The Kier molecular flexibility index (Phi) is 8.06. The molecule has 0 radical (unpaired) electrons. The topological polar surface area (TPSA) is 17.1 Å². The van der Waals surface area contributed by atoms with E-state index in [4.69, 9.17) is 0 Å². The van der Waals surface area contributed by atoms with Gasteiger partial charge in [-0.25, -0.2) is 0 Å². The van der Waals surface area contributed by atoms with Gasteiger partial charge in [-0.05, 0) is 31.9 Å². The van der Waals surface area contributed by atoms with Crippen molar-refractivity contribution in [3.05, 3.63) is 30.0 Å². The summed E-state index contributed by atoms with van der Waals surface area (Å²) < 4.78 is 0. The van der Waals surface area contributed by atoms with Crippen molar-refractivity contribution in [2.24, 2.45) is 0 Å². The largest absolute Gasteiger partial charge is 0.303 e. The molecule has 0 aliphatic carbocycles. The molecule has 60 valence electrons. The molecular formula is C10H14O. The molecule has 0 aliphatic heterocycles. The molecule has 0 saturated heterocycles. The lowest BCUT2D eigenvalue weighted by molar-refractivity contribution is -0.107. The quantitative estimate of drug-likeness (QED) is 0.255. The highest BCUT2D eigenvalue weighted by Gasteiger charge is 1.78. The molecule has 0 aliphatic rings. The van der Waals surface area contributed by atoms with Crippen molar-refractivity contribution < 1.29 is 4.79 Å². The molecule has 0 bridgehead atoms. The van der Waals surface area contributed by atoms with Gasteiger partial charge in [0.05, 0.1) is 0 Å². The number of unbranched alkanes of at least 4 members (excludes halogenated alkanes) is 2. The fourth-order valence-corrected chi connectivity index (χ4v) is 0.606. The van der Waals surface area contributed by atoms with E-state index in [0.29, 0.717) is 6.42 Å². The van der Waals surface area contributed by atoms with E-state index in [0.717, 1.165) is 19.1 Å². The first kappa shape index (κ1) is 9.93. The number of aldehydes is 1. The van der Waals surface area contributed by atoms with Crippen molar-refractivity contribution in [1.29, 1.82) is 0 Å². The number of hydrogen-bond acceptors (Lipinski definition) is 1. The fourth-order valence-electron chi connectivity index (χ4n) is 0.606. The zero-order valence-corrected chi connectivity index (χ0v) is 6.92. The van der Waals surface area contributed by atoms with Crippen LogP contribution in [0.4, 0.5) is 0 Å². The number of carbonyl (C=O) groups is 1. The molecule has 1 nitrogen and oxygen atoms in total. The maximum absolute atomic E-state index is 9.89. The fraction of sp³-hybridized carbons (Fsp3) is 0.400. The van der Waals surface area contributed by atoms with Gasteiger partial charge in [0.1, 0.15) is 6.29 Å². The highest BCUT2D eigenvalue weighted by Crippen LogP contribution is 1.92. The molecule has 0 aromatic carbocycles. The lowest BCUT2D eigenvalue weighted by Crippen LogP contribution is -1.72. The molecule has 0 saturated carbocycles. The molecule has 0 amide bonds. The minimum Gasteiger partial charge on any atom is -0.303 e. The Morgan fingerprint density at radius 3 is 2.82 bits per heavy atom. The second kappa shape index (κ2) is 8.93. The second-order valence-corrected chi connectivity index (χ2v) is 2.16. The third-order valence-corrected chi connectivity index (χ3v) is 1.17. The predicted octanol–water partition coefficient (Wildman–Crippen LogP) is 2.64. The highest BCUT2D eigenvalue weighted by molar-refractivity contribution is 5.48. The van der Waals surface area contributed by atoms with Crippen LogP contribution in [0.2, 0.25) is 0 Å². The van der Waals surface area contributed by atoms with Crippen LogP contribution >= 0.6 is 0 Å². The lowest BCUT2D eigenvalue weighted by atomic mass is 10.2. The third kappa shape index (κ3) is 8.93. The average Bonchev–Trinajstić information content (AvgIpc) is 2.03. The van der Waals surface area contributed by atoms with Gasteiger partial charge in [0.2, 0.25) is 0 Å². The molecule has 0 fully saturated rings. The lowest BCUT2D eigenvalue weighted by Gasteiger charge is -1.82. The van der Waals surface area contributed by atoms with Gasteiger partial charge in [0.25, 0.3) is 0 Å². The van der Waals surface area contributed by atoms with Crippen LogP contribution in [0.25, 0.3) is 0 Å². The molecule has 0 aromatic heterocycles. The summed E-state index contributed by atoms with van der Waals surface area (Å²) in [5, 5.41) is 0. The van der Waals surface area contributed by atoms with Gasteiger partial charge < -0.3 is 4.79 Å². The van der Waals surface area contributed by atoms with Crippen molar-refractivity contribution >= 4 is 6.29 Å².